The van der Waals surface area contributed by atoms with Gasteiger partial charge in [0.1, 0.15) is 0 Å². The normalized spacial score (nSPS) is 16.2. The average molecular weight is 234 g/mol. The van der Waals surface area contributed by atoms with Crippen LogP contribution in [0.5, 0.6) is 0 Å². The van der Waals surface area contributed by atoms with Crippen LogP contribution >= 0.6 is 0 Å². The Kier molecular flexibility index (Phi) is 5.20. The molecule has 0 bridgehead atoms. The summed E-state index contributed by atoms with van der Waals surface area (Å²) in [5.74, 6) is -0.420. The second-order valence-electron chi connectivity index (χ2n) is 4.64. The number of aliphatic carboxylic acids is 1. The van der Waals surface area contributed by atoms with Crippen LogP contribution in [0.2, 0.25) is 0 Å². The van der Waals surface area contributed by atoms with Gasteiger partial charge in [-0.3, -0.25) is 4.79 Å². The third kappa shape index (κ3) is 3.32. The Hall–Kier alpha value is -1.31. The van der Waals surface area contributed by atoms with Crippen molar-refractivity contribution in [2.24, 2.45) is 11.8 Å². The van der Waals surface area contributed by atoms with E-state index >= 15 is 0 Å². The molecule has 0 radical (unpaired) electrons. The van der Waals surface area contributed by atoms with Gasteiger partial charge in [-0.1, -0.05) is 51.1 Å². The lowest BCUT2D eigenvalue weighted by Crippen LogP contribution is -2.25. The third-order valence-corrected chi connectivity index (χ3v) is 3.69. The summed E-state index contributed by atoms with van der Waals surface area (Å²) in [6, 6.07) is 10.2. The van der Waals surface area contributed by atoms with Crippen LogP contribution in [-0.4, -0.2) is 11.1 Å². The number of carboxylic acids is 1. The van der Waals surface area contributed by atoms with Crippen molar-refractivity contribution in [3.8, 4) is 0 Å². The fourth-order valence-electron chi connectivity index (χ4n) is 2.66. The Labute approximate surface area is 104 Å². The number of carbonyl (C=O) groups is 1. The summed E-state index contributed by atoms with van der Waals surface area (Å²) >= 11 is 0. The number of rotatable bonds is 6. The molecule has 0 fully saturated rings. The van der Waals surface area contributed by atoms with E-state index in [1.807, 2.05) is 25.1 Å². The van der Waals surface area contributed by atoms with Crippen molar-refractivity contribution in [2.45, 2.75) is 39.5 Å². The molecule has 0 heterocycles. The first-order valence-corrected chi connectivity index (χ1v) is 6.39. The smallest absolute Gasteiger partial charge is 0.306 e. The van der Waals surface area contributed by atoms with E-state index in [1.54, 1.807) is 0 Å². The molecule has 0 saturated heterocycles. The minimum Gasteiger partial charge on any atom is -0.481 e. The van der Waals surface area contributed by atoms with Crippen molar-refractivity contribution in [3.05, 3.63) is 35.9 Å². The highest BCUT2D eigenvalue weighted by Crippen LogP contribution is 2.34. The van der Waals surface area contributed by atoms with Crippen molar-refractivity contribution < 1.29 is 9.90 Å². The topological polar surface area (TPSA) is 37.3 Å². The Morgan fingerprint density at radius 2 is 1.76 bits per heavy atom. The maximum Gasteiger partial charge on any atom is 0.306 e. The van der Waals surface area contributed by atoms with Crippen molar-refractivity contribution in [1.82, 2.24) is 0 Å². The van der Waals surface area contributed by atoms with Crippen LogP contribution in [0.3, 0.4) is 0 Å². The molecule has 0 amide bonds. The number of hydrogen-bond acceptors (Lipinski definition) is 1. The molecule has 17 heavy (non-hydrogen) atoms. The molecule has 2 heteroatoms. The van der Waals surface area contributed by atoms with Crippen LogP contribution in [0.25, 0.3) is 0 Å². The van der Waals surface area contributed by atoms with Crippen LogP contribution < -0.4 is 0 Å². The zero-order chi connectivity index (χ0) is 12.8. The molecule has 2 nitrogen and oxygen atoms in total. The Bertz CT molecular complexity index is 345. The van der Waals surface area contributed by atoms with Crippen LogP contribution in [0.4, 0.5) is 0 Å². The van der Waals surface area contributed by atoms with Crippen molar-refractivity contribution in [1.29, 1.82) is 0 Å². The molecular weight excluding hydrogens is 212 g/mol. The summed E-state index contributed by atoms with van der Waals surface area (Å²) in [5, 5.41) is 9.23. The molecule has 94 valence electrons. The molecule has 0 aliphatic heterocycles. The highest BCUT2D eigenvalue weighted by atomic mass is 16.4. The molecule has 0 aliphatic carbocycles. The van der Waals surface area contributed by atoms with Crippen LogP contribution in [0.15, 0.2) is 30.3 Å². The SMILES string of the molecule is CCC(C(=O)O)C(C)C(CC)c1ccccc1. The lowest BCUT2D eigenvalue weighted by atomic mass is 9.77. The number of hydrogen-bond donors (Lipinski definition) is 1. The lowest BCUT2D eigenvalue weighted by Gasteiger charge is -2.27. The van der Waals surface area contributed by atoms with Gasteiger partial charge in [0.05, 0.1) is 5.92 Å². The molecule has 1 N–H and O–H groups in total. The third-order valence-electron chi connectivity index (χ3n) is 3.69. The van der Waals surface area contributed by atoms with E-state index in [0.717, 1.165) is 6.42 Å². The number of benzene rings is 1. The summed E-state index contributed by atoms with van der Waals surface area (Å²) in [6.45, 7) is 6.14. The quantitative estimate of drug-likeness (QED) is 0.809. The Morgan fingerprint density at radius 3 is 2.18 bits per heavy atom. The molecule has 3 atom stereocenters. The second-order valence-corrected chi connectivity index (χ2v) is 4.64. The van der Waals surface area contributed by atoms with Crippen LogP contribution in [-0.2, 0) is 4.79 Å². The molecule has 0 aliphatic rings. The van der Waals surface area contributed by atoms with Gasteiger partial charge in [-0.05, 0) is 30.2 Å². The maximum absolute atomic E-state index is 11.2. The lowest BCUT2D eigenvalue weighted by molar-refractivity contribution is -0.143. The van der Waals surface area contributed by atoms with Crippen LogP contribution in [0, 0.1) is 11.8 Å². The van der Waals surface area contributed by atoms with Gasteiger partial charge in [-0.2, -0.15) is 0 Å². The molecule has 1 aromatic rings. The van der Waals surface area contributed by atoms with Gasteiger partial charge in [0.25, 0.3) is 0 Å². The van der Waals surface area contributed by atoms with Crippen molar-refractivity contribution >= 4 is 5.97 Å². The average Bonchev–Trinajstić information content (AvgIpc) is 2.31. The summed E-state index contributed by atoms with van der Waals surface area (Å²) in [4.78, 5) is 11.2. The fourth-order valence-corrected chi connectivity index (χ4v) is 2.66. The second kappa shape index (κ2) is 6.43. The van der Waals surface area contributed by atoms with Gasteiger partial charge in [0, 0.05) is 0 Å². The largest absolute Gasteiger partial charge is 0.481 e. The fraction of sp³-hybridized carbons (Fsp3) is 0.533. The number of carboxylic acid groups (broad SMARTS) is 1. The molecule has 1 aromatic carbocycles. The minimum absolute atomic E-state index is 0.171. The van der Waals surface area contributed by atoms with Crippen molar-refractivity contribution in [3.63, 3.8) is 0 Å². The van der Waals surface area contributed by atoms with E-state index in [0.29, 0.717) is 12.3 Å². The zero-order valence-electron chi connectivity index (χ0n) is 10.9. The first kappa shape index (κ1) is 13.8. The first-order chi connectivity index (χ1) is 8.11. The molecule has 0 saturated carbocycles. The molecule has 0 aromatic heterocycles. The summed E-state index contributed by atoms with van der Waals surface area (Å²) in [6.07, 6.45) is 1.68. The first-order valence-electron chi connectivity index (χ1n) is 6.39. The monoisotopic (exact) mass is 234 g/mol. The van der Waals surface area contributed by atoms with Gasteiger partial charge >= 0.3 is 5.97 Å². The highest BCUT2D eigenvalue weighted by Gasteiger charge is 2.29. The minimum atomic E-state index is -0.672. The molecule has 3 unspecified atom stereocenters. The van der Waals surface area contributed by atoms with Gasteiger partial charge < -0.3 is 5.11 Å². The van der Waals surface area contributed by atoms with Gasteiger partial charge in [0.2, 0.25) is 0 Å². The standard InChI is InChI=1S/C15H22O2/c1-4-13(12-9-7-6-8-10-12)11(3)14(5-2)15(16)17/h6-11,13-14H,4-5H2,1-3H3,(H,16,17). The summed E-state index contributed by atoms with van der Waals surface area (Å²) in [5.41, 5.74) is 1.25. The highest BCUT2D eigenvalue weighted by molar-refractivity contribution is 5.70. The van der Waals surface area contributed by atoms with Crippen LogP contribution in [0.1, 0.15) is 45.1 Å². The van der Waals surface area contributed by atoms with E-state index in [2.05, 4.69) is 26.0 Å². The summed E-state index contributed by atoms with van der Waals surface area (Å²) < 4.78 is 0. The van der Waals surface area contributed by atoms with Crippen molar-refractivity contribution in [2.75, 3.05) is 0 Å². The van der Waals surface area contributed by atoms with E-state index in [9.17, 15) is 9.90 Å². The van der Waals surface area contributed by atoms with E-state index in [-0.39, 0.29) is 11.8 Å². The summed E-state index contributed by atoms with van der Waals surface area (Å²) in [7, 11) is 0. The van der Waals surface area contributed by atoms with E-state index in [1.165, 1.54) is 5.56 Å². The van der Waals surface area contributed by atoms with E-state index in [4.69, 9.17) is 0 Å². The van der Waals surface area contributed by atoms with Gasteiger partial charge in [-0.15, -0.1) is 0 Å². The molecule has 1 rings (SSSR count). The predicted molar refractivity (Wildman–Crippen MR) is 70.1 cm³/mol. The Morgan fingerprint density at radius 1 is 1.18 bits per heavy atom. The molecular formula is C15H22O2. The van der Waals surface area contributed by atoms with Gasteiger partial charge in [-0.25, -0.2) is 0 Å². The van der Waals surface area contributed by atoms with Gasteiger partial charge in [0.15, 0.2) is 0 Å². The zero-order valence-corrected chi connectivity index (χ0v) is 10.9. The predicted octanol–water partition coefficient (Wildman–Crippen LogP) is 3.93. The molecule has 0 spiro atoms. The Balaban J connectivity index is 2.91. The maximum atomic E-state index is 11.2. The van der Waals surface area contributed by atoms with E-state index < -0.39 is 5.97 Å².